The zero-order valence-electron chi connectivity index (χ0n) is 14.1. The minimum atomic E-state index is -4.55. The van der Waals surface area contributed by atoms with E-state index in [4.69, 9.17) is 4.74 Å². The summed E-state index contributed by atoms with van der Waals surface area (Å²) in [7, 11) is 2.86. The van der Waals surface area contributed by atoms with Crippen molar-refractivity contribution >= 4 is 11.5 Å². The Kier molecular flexibility index (Phi) is 5.31. The molecule has 130 valence electrons. The van der Waals surface area contributed by atoms with Crippen molar-refractivity contribution in [2.45, 2.75) is 32.4 Å². The third-order valence-electron chi connectivity index (χ3n) is 3.99. The Morgan fingerprint density at radius 2 is 2.00 bits per heavy atom. The standard InChI is InChI=1S/C17H20F3N3O/c1-5-11(2)12-7-6-8-13(9-12)23(3)15-14(17(18,19)20)10-21-16(22-15)24-4/h6-11H,5H2,1-4H3. The van der Waals surface area contributed by atoms with Crippen LogP contribution in [0, 0.1) is 0 Å². The summed E-state index contributed by atoms with van der Waals surface area (Å²) in [5.74, 6) is 0.0797. The van der Waals surface area contributed by atoms with Crippen LogP contribution in [-0.4, -0.2) is 24.1 Å². The molecule has 1 aromatic carbocycles. The third kappa shape index (κ3) is 3.77. The lowest BCUT2D eigenvalue weighted by Crippen LogP contribution is -2.19. The molecule has 1 atom stereocenters. The van der Waals surface area contributed by atoms with Crippen LogP contribution in [0.15, 0.2) is 30.5 Å². The highest BCUT2D eigenvalue weighted by molar-refractivity contribution is 5.63. The highest BCUT2D eigenvalue weighted by atomic mass is 19.4. The molecule has 0 radical (unpaired) electrons. The topological polar surface area (TPSA) is 38.2 Å². The van der Waals surface area contributed by atoms with Gasteiger partial charge in [0, 0.05) is 18.9 Å². The Labute approximate surface area is 139 Å². The number of hydrogen-bond donors (Lipinski definition) is 0. The van der Waals surface area contributed by atoms with Crippen LogP contribution in [0.5, 0.6) is 6.01 Å². The molecule has 0 saturated carbocycles. The van der Waals surface area contributed by atoms with Crippen LogP contribution in [-0.2, 0) is 6.18 Å². The van der Waals surface area contributed by atoms with Gasteiger partial charge in [-0.05, 0) is 30.0 Å². The second kappa shape index (κ2) is 7.07. The molecule has 7 heteroatoms. The Morgan fingerprint density at radius 3 is 2.58 bits per heavy atom. The lowest BCUT2D eigenvalue weighted by atomic mass is 9.98. The molecular formula is C17H20F3N3O. The van der Waals surface area contributed by atoms with Crippen LogP contribution < -0.4 is 9.64 Å². The van der Waals surface area contributed by atoms with Gasteiger partial charge in [-0.3, -0.25) is 0 Å². The maximum atomic E-state index is 13.3. The van der Waals surface area contributed by atoms with Crippen molar-refractivity contribution in [3.8, 4) is 6.01 Å². The van der Waals surface area contributed by atoms with Gasteiger partial charge in [-0.1, -0.05) is 26.0 Å². The summed E-state index contributed by atoms with van der Waals surface area (Å²) in [6, 6.07) is 7.32. The first kappa shape index (κ1) is 18.0. The molecule has 1 unspecified atom stereocenters. The van der Waals surface area contributed by atoms with E-state index in [1.165, 1.54) is 12.0 Å². The molecule has 0 fully saturated rings. The van der Waals surface area contributed by atoms with Crippen molar-refractivity contribution in [1.29, 1.82) is 0 Å². The Balaban J connectivity index is 2.51. The van der Waals surface area contributed by atoms with Gasteiger partial charge in [-0.25, -0.2) is 4.98 Å². The van der Waals surface area contributed by atoms with E-state index in [9.17, 15) is 13.2 Å². The molecule has 0 aliphatic rings. The molecule has 2 rings (SSSR count). The zero-order chi connectivity index (χ0) is 17.9. The normalized spacial score (nSPS) is 12.8. The quantitative estimate of drug-likeness (QED) is 0.785. The fraction of sp³-hybridized carbons (Fsp3) is 0.412. The number of nitrogens with zero attached hydrogens (tertiary/aromatic N) is 3. The van der Waals surface area contributed by atoms with Crippen LogP contribution in [0.1, 0.15) is 37.3 Å². The molecule has 0 saturated heterocycles. The first-order valence-electron chi connectivity index (χ1n) is 7.59. The van der Waals surface area contributed by atoms with Crippen LogP contribution >= 0.6 is 0 Å². The SMILES string of the molecule is CCC(C)c1cccc(N(C)c2nc(OC)ncc2C(F)(F)F)c1. The molecule has 1 heterocycles. The fourth-order valence-electron chi connectivity index (χ4n) is 2.31. The third-order valence-corrected chi connectivity index (χ3v) is 3.99. The summed E-state index contributed by atoms with van der Waals surface area (Å²) in [5.41, 5.74) is 0.787. The van der Waals surface area contributed by atoms with Gasteiger partial charge in [0.25, 0.3) is 0 Å². The summed E-state index contributed by atoms with van der Waals surface area (Å²) in [5, 5.41) is 0. The van der Waals surface area contributed by atoms with E-state index in [1.807, 2.05) is 18.2 Å². The number of methoxy groups -OCH3 is 1. The van der Waals surface area contributed by atoms with E-state index in [0.717, 1.165) is 18.2 Å². The second-order valence-electron chi connectivity index (χ2n) is 5.56. The number of halogens is 3. The highest BCUT2D eigenvalue weighted by Crippen LogP contribution is 2.38. The average molecular weight is 339 g/mol. The molecule has 0 bridgehead atoms. The van der Waals surface area contributed by atoms with Crippen LogP contribution in [0.4, 0.5) is 24.7 Å². The van der Waals surface area contributed by atoms with Crippen molar-refractivity contribution < 1.29 is 17.9 Å². The van der Waals surface area contributed by atoms with Gasteiger partial charge < -0.3 is 9.64 Å². The first-order valence-corrected chi connectivity index (χ1v) is 7.59. The molecule has 2 aromatic rings. The van der Waals surface area contributed by atoms with Crippen LogP contribution in [0.25, 0.3) is 0 Å². The Bertz CT molecular complexity index is 704. The van der Waals surface area contributed by atoms with E-state index in [0.29, 0.717) is 11.6 Å². The summed E-state index contributed by atoms with van der Waals surface area (Å²) < 4.78 is 44.7. The molecule has 0 aliphatic carbocycles. The minimum absolute atomic E-state index is 0.108. The van der Waals surface area contributed by atoms with Gasteiger partial charge in [0.05, 0.1) is 7.11 Å². The van der Waals surface area contributed by atoms with E-state index >= 15 is 0 Å². The predicted octanol–water partition coefficient (Wildman–Crippen LogP) is 4.79. The maximum Gasteiger partial charge on any atom is 0.421 e. The highest BCUT2D eigenvalue weighted by Gasteiger charge is 2.36. The van der Waals surface area contributed by atoms with Gasteiger partial charge in [-0.15, -0.1) is 0 Å². The van der Waals surface area contributed by atoms with E-state index in [1.54, 1.807) is 13.1 Å². The summed E-state index contributed by atoms with van der Waals surface area (Å²) in [6.07, 6.45) is -2.86. The lowest BCUT2D eigenvalue weighted by Gasteiger charge is -2.23. The maximum absolute atomic E-state index is 13.3. The van der Waals surface area contributed by atoms with Crippen molar-refractivity contribution in [3.63, 3.8) is 0 Å². The second-order valence-corrected chi connectivity index (χ2v) is 5.56. The number of aromatic nitrogens is 2. The van der Waals surface area contributed by atoms with Crippen LogP contribution in [0.3, 0.4) is 0 Å². The molecule has 0 amide bonds. The monoisotopic (exact) mass is 339 g/mol. The molecule has 0 N–H and O–H groups in total. The Morgan fingerprint density at radius 1 is 1.29 bits per heavy atom. The Hall–Kier alpha value is -2.31. The van der Waals surface area contributed by atoms with E-state index in [2.05, 4.69) is 23.8 Å². The van der Waals surface area contributed by atoms with Crippen molar-refractivity contribution in [3.05, 3.63) is 41.6 Å². The van der Waals surface area contributed by atoms with Gasteiger partial charge in [0.1, 0.15) is 5.56 Å². The minimum Gasteiger partial charge on any atom is -0.467 e. The largest absolute Gasteiger partial charge is 0.467 e. The zero-order valence-corrected chi connectivity index (χ0v) is 14.1. The first-order chi connectivity index (χ1) is 11.3. The molecular weight excluding hydrogens is 319 g/mol. The van der Waals surface area contributed by atoms with Crippen molar-refractivity contribution in [2.24, 2.45) is 0 Å². The van der Waals surface area contributed by atoms with E-state index in [-0.39, 0.29) is 11.8 Å². The number of alkyl halides is 3. The number of ether oxygens (including phenoxy) is 1. The summed E-state index contributed by atoms with van der Waals surface area (Å²) in [6.45, 7) is 4.14. The fourth-order valence-corrected chi connectivity index (χ4v) is 2.31. The number of anilines is 2. The molecule has 1 aromatic heterocycles. The summed E-state index contributed by atoms with van der Waals surface area (Å²) >= 11 is 0. The van der Waals surface area contributed by atoms with Gasteiger partial charge >= 0.3 is 12.2 Å². The number of benzene rings is 1. The summed E-state index contributed by atoms with van der Waals surface area (Å²) in [4.78, 5) is 8.88. The lowest BCUT2D eigenvalue weighted by molar-refractivity contribution is -0.137. The molecule has 4 nitrogen and oxygen atoms in total. The molecule has 24 heavy (non-hydrogen) atoms. The number of hydrogen-bond acceptors (Lipinski definition) is 4. The van der Waals surface area contributed by atoms with Gasteiger partial charge in [-0.2, -0.15) is 18.2 Å². The van der Waals surface area contributed by atoms with E-state index < -0.39 is 11.7 Å². The average Bonchev–Trinajstić information content (AvgIpc) is 2.59. The predicted molar refractivity (Wildman–Crippen MR) is 86.8 cm³/mol. The van der Waals surface area contributed by atoms with Crippen molar-refractivity contribution in [2.75, 3.05) is 19.1 Å². The van der Waals surface area contributed by atoms with Crippen molar-refractivity contribution in [1.82, 2.24) is 9.97 Å². The number of rotatable bonds is 5. The molecule has 0 aliphatic heterocycles. The van der Waals surface area contributed by atoms with Gasteiger partial charge in [0.2, 0.25) is 0 Å². The smallest absolute Gasteiger partial charge is 0.421 e. The van der Waals surface area contributed by atoms with Gasteiger partial charge in [0.15, 0.2) is 5.82 Å². The van der Waals surface area contributed by atoms with Crippen LogP contribution in [0.2, 0.25) is 0 Å². The molecule has 0 spiro atoms.